The summed E-state index contributed by atoms with van der Waals surface area (Å²) in [5.74, 6) is 1.82. The molecule has 0 aliphatic carbocycles. The van der Waals surface area contributed by atoms with Crippen LogP contribution < -0.4 is 0 Å². The van der Waals surface area contributed by atoms with Crippen LogP contribution in [0.2, 0.25) is 0 Å². The highest BCUT2D eigenvalue weighted by Crippen LogP contribution is 2.44. The molecule has 12 rings (SSSR count). The second kappa shape index (κ2) is 14.7. The zero-order valence-corrected chi connectivity index (χ0v) is 33.6. The average molecular weight is 792 g/mol. The van der Waals surface area contributed by atoms with Crippen molar-refractivity contribution in [1.82, 2.24) is 24.1 Å². The van der Waals surface area contributed by atoms with Crippen LogP contribution in [0.25, 0.3) is 111 Å². The molecular formula is C57H37N5. The summed E-state index contributed by atoms with van der Waals surface area (Å²) < 4.78 is 4.69. The van der Waals surface area contributed by atoms with Gasteiger partial charge in [-0.3, -0.25) is 4.57 Å². The van der Waals surface area contributed by atoms with Gasteiger partial charge in [-0.2, -0.15) is 9.97 Å². The van der Waals surface area contributed by atoms with Crippen LogP contribution in [0.1, 0.15) is 0 Å². The molecule has 3 aromatic heterocycles. The lowest BCUT2D eigenvalue weighted by Gasteiger charge is -2.17. The van der Waals surface area contributed by atoms with E-state index in [2.05, 4.69) is 197 Å². The van der Waals surface area contributed by atoms with Crippen LogP contribution in [0, 0.1) is 0 Å². The van der Waals surface area contributed by atoms with Crippen molar-refractivity contribution in [2.24, 2.45) is 0 Å². The standard InChI is InChI=1S/C57H37N5/c1-4-18-38(19-5-1)39-32-34-40(35-33-39)43-24-10-11-25-44(43)45-26-12-15-29-49(45)61-51-31-17-14-28-48(51)53-52(61)37-36-47-46-27-13-16-30-50(46)62(54(47)53)57-59-55(41-20-6-2-7-21-41)58-56(60-57)42-22-8-3-9-23-42/h1-37H. The molecule has 5 heteroatoms. The molecule has 62 heavy (non-hydrogen) atoms. The number of aromatic nitrogens is 5. The van der Waals surface area contributed by atoms with Gasteiger partial charge in [0.05, 0.1) is 27.8 Å². The van der Waals surface area contributed by atoms with Gasteiger partial charge in [0, 0.05) is 38.2 Å². The van der Waals surface area contributed by atoms with Crippen molar-refractivity contribution in [2.45, 2.75) is 0 Å². The predicted octanol–water partition coefficient (Wildman–Crippen LogP) is 14.4. The minimum Gasteiger partial charge on any atom is -0.309 e. The minimum absolute atomic E-state index is 0.570. The first-order valence-corrected chi connectivity index (χ1v) is 21.0. The van der Waals surface area contributed by atoms with E-state index >= 15 is 0 Å². The summed E-state index contributed by atoms with van der Waals surface area (Å²) >= 11 is 0. The third-order valence-corrected chi connectivity index (χ3v) is 12.0. The molecule has 0 unspecified atom stereocenters. The predicted molar refractivity (Wildman–Crippen MR) is 256 cm³/mol. The van der Waals surface area contributed by atoms with Gasteiger partial charge < -0.3 is 4.57 Å². The van der Waals surface area contributed by atoms with E-state index in [0.717, 1.165) is 66.0 Å². The molecule has 0 aliphatic rings. The van der Waals surface area contributed by atoms with Crippen LogP contribution in [-0.2, 0) is 0 Å². The Bertz CT molecular complexity index is 3550. The number of para-hydroxylation sites is 3. The zero-order chi connectivity index (χ0) is 41.0. The molecule has 0 amide bonds. The Kier molecular flexibility index (Phi) is 8.42. The molecule has 9 aromatic carbocycles. The van der Waals surface area contributed by atoms with Crippen LogP contribution in [0.15, 0.2) is 224 Å². The summed E-state index contributed by atoms with van der Waals surface area (Å²) in [5.41, 5.74) is 14.4. The van der Waals surface area contributed by atoms with Crippen LogP contribution in [-0.4, -0.2) is 24.1 Å². The second-order valence-electron chi connectivity index (χ2n) is 15.6. The fourth-order valence-electron chi connectivity index (χ4n) is 9.21. The van der Waals surface area contributed by atoms with Crippen LogP contribution in [0.5, 0.6) is 0 Å². The van der Waals surface area contributed by atoms with Gasteiger partial charge >= 0.3 is 0 Å². The third-order valence-electron chi connectivity index (χ3n) is 12.0. The Labute approximate surface area is 358 Å². The first kappa shape index (κ1) is 35.5. The number of hydrogen-bond acceptors (Lipinski definition) is 3. The minimum atomic E-state index is 0.570. The molecule has 0 fully saturated rings. The third kappa shape index (κ3) is 5.82. The Balaban J connectivity index is 1.12. The average Bonchev–Trinajstić information content (AvgIpc) is 3.88. The molecular weight excluding hydrogens is 755 g/mol. The number of benzene rings is 9. The maximum atomic E-state index is 5.27. The molecule has 0 atom stereocenters. The molecule has 0 N–H and O–H groups in total. The fourth-order valence-corrected chi connectivity index (χ4v) is 9.21. The van der Waals surface area contributed by atoms with Gasteiger partial charge in [0.1, 0.15) is 0 Å². The van der Waals surface area contributed by atoms with Gasteiger partial charge in [-0.15, -0.1) is 0 Å². The first-order valence-electron chi connectivity index (χ1n) is 21.0. The lowest BCUT2D eigenvalue weighted by Crippen LogP contribution is -2.06. The number of fused-ring (bicyclic) bond motifs is 7. The van der Waals surface area contributed by atoms with Gasteiger partial charge in [-0.25, -0.2) is 4.98 Å². The molecule has 0 spiro atoms. The molecule has 290 valence electrons. The van der Waals surface area contributed by atoms with Crippen molar-refractivity contribution in [3.05, 3.63) is 224 Å². The topological polar surface area (TPSA) is 48.5 Å². The summed E-state index contributed by atoms with van der Waals surface area (Å²) in [7, 11) is 0. The number of nitrogens with zero attached hydrogens (tertiary/aromatic N) is 5. The van der Waals surface area contributed by atoms with Crippen molar-refractivity contribution in [3.63, 3.8) is 0 Å². The highest BCUT2D eigenvalue weighted by atomic mass is 15.2. The molecule has 0 aliphatic heterocycles. The Morgan fingerprint density at radius 1 is 0.274 bits per heavy atom. The number of rotatable bonds is 7. The van der Waals surface area contributed by atoms with Crippen molar-refractivity contribution < 1.29 is 0 Å². The molecule has 0 radical (unpaired) electrons. The van der Waals surface area contributed by atoms with Crippen LogP contribution in [0.4, 0.5) is 0 Å². The van der Waals surface area contributed by atoms with Crippen LogP contribution >= 0.6 is 0 Å². The van der Waals surface area contributed by atoms with E-state index in [4.69, 9.17) is 15.0 Å². The van der Waals surface area contributed by atoms with Gasteiger partial charge in [0.25, 0.3) is 0 Å². The Morgan fingerprint density at radius 2 is 0.758 bits per heavy atom. The lowest BCUT2D eigenvalue weighted by atomic mass is 9.92. The summed E-state index contributed by atoms with van der Waals surface area (Å²) in [6.45, 7) is 0. The van der Waals surface area contributed by atoms with Gasteiger partial charge in [-0.1, -0.05) is 200 Å². The molecule has 5 nitrogen and oxygen atoms in total. The van der Waals surface area contributed by atoms with E-state index in [1.165, 1.54) is 27.8 Å². The molecule has 0 saturated heterocycles. The Morgan fingerprint density at radius 3 is 1.42 bits per heavy atom. The van der Waals surface area contributed by atoms with Crippen molar-refractivity contribution in [2.75, 3.05) is 0 Å². The summed E-state index contributed by atoms with van der Waals surface area (Å²) in [6, 6.07) is 79.3. The van der Waals surface area contributed by atoms with E-state index in [1.54, 1.807) is 0 Å². The van der Waals surface area contributed by atoms with E-state index in [0.29, 0.717) is 17.6 Å². The first-order chi connectivity index (χ1) is 30.8. The molecule has 12 aromatic rings. The van der Waals surface area contributed by atoms with Gasteiger partial charge in [0.2, 0.25) is 5.95 Å². The smallest absolute Gasteiger partial charge is 0.238 e. The molecule has 0 saturated carbocycles. The van der Waals surface area contributed by atoms with Crippen molar-refractivity contribution in [3.8, 4) is 67.8 Å². The van der Waals surface area contributed by atoms with E-state index < -0.39 is 0 Å². The zero-order valence-electron chi connectivity index (χ0n) is 33.6. The fraction of sp³-hybridized carbons (Fsp3) is 0. The normalized spacial score (nSPS) is 11.5. The SMILES string of the molecule is c1ccc(-c2ccc(-c3ccccc3-c3ccccc3-n3c4ccccc4c4c3ccc3c5ccccc5n(-c5nc(-c6ccccc6)nc(-c6ccccc6)n5)c34)cc2)cc1. The van der Waals surface area contributed by atoms with Crippen molar-refractivity contribution in [1.29, 1.82) is 0 Å². The van der Waals surface area contributed by atoms with Gasteiger partial charge in [0.15, 0.2) is 11.6 Å². The maximum Gasteiger partial charge on any atom is 0.238 e. The van der Waals surface area contributed by atoms with E-state index in [9.17, 15) is 0 Å². The number of hydrogen-bond donors (Lipinski definition) is 0. The summed E-state index contributed by atoms with van der Waals surface area (Å²) in [5, 5.41) is 4.56. The lowest BCUT2D eigenvalue weighted by molar-refractivity contribution is 0.955. The second-order valence-corrected chi connectivity index (χ2v) is 15.6. The quantitative estimate of drug-likeness (QED) is 0.162. The Hall–Kier alpha value is -8.41. The molecule has 0 bridgehead atoms. The van der Waals surface area contributed by atoms with Crippen molar-refractivity contribution >= 4 is 43.6 Å². The highest BCUT2D eigenvalue weighted by molar-refractivity contribution is 6.26. The maximum absolute atomic E-state index is 5.27. The van der Waals surface area contributed by atoms with Gasteiger partial charge in [-0.05, 0) is 52.1 Å². The van der Waals surface area contributed by atoms with E-state index in [1.807, 2.05) is 36.4 Å². The monoisotopic (exact) mass is 791 g/mol. The van der Waals surface area contributed by atoms with E-state index in [-0.39, 0.29) is 0 Å². The van der Waals surface area contributed by atoms with Crippen LogP contribution in [0.3, 0.4) is 0 Å². The summed E-state index contributed by atoms with van der Waals surface area (Å²) in [4.78, 5) is 15.6. The molecule has 3 heterocycles. The summed E-state index contributed by atoms with van der Waals surface area (Å²) in [6.07, 6.45) is 0. The largest absolute Gasteiger partial charge is 0.309 e. The highest BCUT2D eigenvalue weighted by Gasteiger charge is 2.24.